The largest absolute Gasteiger partial charge is 0.279 e. The van der Waals surface area contributed by atoms with Gasteiger partial charge in [-0.3, -0.25) is 19.2 Å². The highest BCUT2D eigenvalue weighted by atomic mass is 32.2. The van der Waals surface area contributed by atoms with E-state index < -0.39 is 15.9 Å². The molecule has 0 radical (unpaired) electrons. The van der Waals surface area contributed by atoms with E-state index in [1.54, 1.807) is 29.6 Å². The number of hydrogen-bond acceptors (Lipinski definition) is 7. The second-order valence-corrected chi connectivity index (χ2v) is 11.2. The zero-order valence-corrected chi connectivity index (χ0v) is 20.2. The van der Waals surface area contributed by atoms with E-state index in [4.69, 9.17) is 0 Å². The number of nitrogens with zero attached hydrogens (tertiary/aromatic N) is 3. The molecule has 3 aromatic rings. The van der Waals surface area contributed by atoms with Crippen LogP contribution in [-0.4, -0.2) is 40.8 Å². The van der Waals surface area contributed by atoms with Gasteiger partial charge in [0.15, 0.2) is 0 Å². The van der Waals surface area contributed by atoms with Crippen molar-refractivity contribution in [3.05, 3.63) is 59.0 Å². The van der Waals surface area contributed by atoms with Gasteiger partial charge in [0.25, 0.3) is 21.8 Å². The molecule has 1 aliphatic carbocycles. The van der Waals surface area contributed by atoms with Crippen molar-refractivity contribution in [3.63, 3.8) is 0 Å². The predicted molar refractivity (Wildman–Crippen MR) is 129 cm³/mol. The van der Waals surface area contributed by atoms with Crippen molar-refractivity contribution in [2.45, 2.75) is 50.0 Å². The normalized spacial score (nSPS) is 17.3. The van der Waals surface area contributed by atoms with Crippen LogP contribution in [0, 0.1) is 5.92 Å². The fourth-order valence-electron chi connectivity index (χ4n) is 4.92. The van der Waals surface area contributed by atoms with Gasteiger partial charge in [-0.1, -0.05) is 48.4 Å². The molecule has 5 rings (SSSR count). The van der Waals surface area contributed by atoms with Gasteiger partial charge in [-0.05, 0) is 55.1 Å². The standard InChI is InChI=1S/C24H24N4O4S2/c1-15(13-16-5-2-3-6-16)28-23(29)19-7-4-8-20(22(19)24(28)30)26-34(31,32)18-11-9-17(10-12-18)21-14-33-27-25-21/h4,7-12,14-16,26H,2-3,5-6,13H2,1H3/t15-/m0/s1. The number of hydrogen-bond donors (Lipinski definition) is 1. The smallest absolute Gasteiger partial charge is 0.263 e. The van der Waals surface area contributed by atoms with E-state index in [1.807, 2.05) is 6.92 Å². The first-order valence-corrected chi connectivity index (χ1v) is 13.6. The van der Waals surface area contributed by atoms with Gasteiger partial charge in [-0.25, -0.2) is 8.42 Å². The van der Waals surface area contributed by atoms with Crippen LogP contribution in [0.1, 0.15) is 59.7 Å². The Morgan fingerprint density at radius 3 is 2.50 bits per heavy atom. The van der Waals surface area contributed by atoms with Crippen LogP contribution in [0.5, 0.6) is 0 Å². The zero-order chi connectivity index (χ0) is 23.9. The molecule has 0 bridgehead atoms. The summed E-state index contributed by atoms with van der Waals surface area (Å²) in [6.07, 6.45) is 5.39. The molecular formula is C24H24N4O4S2. The van der Waals surface area contributed by atoms with Crippen molar-refractivity contribution in [1.29, 1.82) is 0 Å². The minimum absolute atomic E-state index is 0.0419. The van der Waals surface area contributed by atoms with Crippen molar-refractivity contribution in [3.8, 4) is 11.3 Å². The molecule has 1 N–H and O–H groups in total. The first kappa shape index (κ1) is 22.7. The summed E-state index contributed by atoms with van der Waals surface area (Å²) in [6.45, 7) is 1.89. The Hall–Kier alpha value is -3.11. The van der Waals surface area contributed by atoms with Crippen LogP contribution in [-0.2, 0) is 10.0 Å². The van der Waals surface area contributed by atoms with E-state index in [0.29, 0.717) is 11.6 Å². The molecule has 1 fully saturated rings. The molecule has 10 heteroatoms. The van der Waals surface area contributed by atoms with Crippen LogP contribution >= 0.6 is 11.5 Å². The number of fused-ring (bicyclic) bond motifs is 1. The monoisotopic (exact) mass is 496 g/mol. The highest BCUT2D eigenvalue weighted by molar-refractivity contribution is 7.92. The zero-order valence-electron chi connectivity index (χ0n) is 18.6. The summed E-state index contributed by atoms with van der Waals surface area (Å²) in [4.78, 5) is 27.7. The number of sulfonamides is 1. The van der Waals surface area contributed by atoms with Crippen molar-refractivity contribution >= 4 is 39.1 Å². The summed E-state index contributed by atoms with van der Waals surface area (Å²) in [7, 11) is -3.98. The van der Waals surface area contributed by atoms with Crippen molar-refractivity contribution in [1.82, 2.24) is 14.5 Å². The van der Waals surface area contributed by atoms with Crippen LogP contribution in [0.4, 0.5) is 5.69 Å². The Kier molecular flexibility index (Phi) is 5.95. The van der Waals surface area contributed by atoms with Crippen LogP contribution in [0.2, 0.25) is 0 Å². The molecule has 1 aliphatic heterocycles. The number of anilines is 1. The molecule has 2 aliphatic rings. The third kappa shape index (κ3) is 4.12. The van der Waals surface area contributed by atoms with Crippen molar-refractivity contribution in [2.75, 3.05) is 4.72 Å². The Bertz CT molecular complexity index is 1330. The second kappa shape index (κ2) is 8.92. The first-order chi connectivity index (χ1) is 16.3. The van der Waals surface area contributed by atoms with E-state index in [-0.39, 0.29) is 33.7 Å². The number of benzene rings is 2. The minimum Gasteiger partial charge on any atom is -0.279 e. The van der Waals surface area contributed by atoms with E-state index in [2.05, 4.69) is 14.3 Å². The summed E-state index contributed by atoms with van der Waals surface area (Å²) >= 11 is 1.21. The predicted octanol–water partition coefficient (Wildman–Crippen LogP) is 4.57. The molecule has 176 valence electrons. The minimum atomic E-state index is -3.98. The first-order valence-electron chi connectivity index (χ1n) is 11.3. The molecule has 0 spiro atoms. The molecule has 2 amide bonds. The summed E-state index contributed by atoms with van der Waals surface area (Å²) in [5.74, 6) is -0.303. The summed E-state index contributed by atoms with van der Waals surface area (Å²) in [5, 5.41) is 5.76. The number of carbonyl (C=O) groups is 2. The van der Waals surface area contributed by atoms with Crippen LogP contribution in [0.25, 0.3) is 11.3 Å². The molecule has 0 saturated heterocycles. The SMILES string of the molecule is C[C@@H](CC1CCCC1)N1C(=O)c2cccc(NS(=O)(=O)c3ccc(-c4csnn4)cc3)c2C1=O. The number of rotatable bonds is 7. The molecule has 2 aromatic carbocycles. The summed E-state index contributed by atoms with van der Waals surface area (Å²) < 4.78 is 32.5. The maximum absolute atomic E-state index is 13.3. The third-order valence-corrected chi connectivity index (χ3v) is 8.49. The van der Waals surface area contributed by atoms with Crippen molar-refractivity contribution in [2.24, 2.45) is 5.92 Å². The van der Waals surface area contributed by atoms with E-state index in [1.165, 1.54) is 47.5 Å². The van der Waals surface area contributed by atoms with Gasteiger partial charge in [-0.2, -0.15) is 0 Å². The van der Waals surface area contributed by atoms with Gasteiger partial charge in [0.05, 0.1) is 21.7 Å². The average molecular weight is 497 g/mol. The average Bonchev–Trinajstić information content (AvgIpc) is 3.57. The molecule has 34 heavy (non-hydrogen) atoms. The van der Waals surface area contributed by atoms with Crippen molar-refractivity contribution < 1.29 is 18.0 Å². The lowest BCUT2D eigenvalue weighted by Gasteiger charge is -2.25. The number of nitrogens with one attached hydrogen (secondary N) is 1. The molecule has 1 atom stereocenters. The number of carbonyl (C=O) groups excluding carboxylic acids is 2. The molecule has 2 heterocycles. The Morgan fingerprint density at radius 1 is 1.09 bits per heavy atom. The quantitative estimate of drug-likeness (QED) is 0.480. The fourth-order valence-corrected chi connectivity index (χ4v) is 6.46. The van der Waals surface area contributed by atoms with Gasteiger partial charge in [0.1, 0.15) is 5.69 Å². The highest BCUT2D eigenvalue weighted by Crippen LogP contribution is 2.35. The number of aromatic nitrogens is 2. The maximum atomic E-state index is 13.3. The number of imide groups is 1. The third-order valence-electron chi connectivity index (χ3n) is 6.60. The highest BCUT2D eigenvalue weighted by Gasteiger charge is 2.41. The Morgan fingerprint density at radius 2 is 1.82 bits per heavy atom. The Labute approximate surface area is 202 Å². The van der Waals surface area contributed by atoms with Crippen LogP contribution < -0.4 is 4.72 Å². The van der Waals surface area contributed by atoms with Gasteiger partial charge < -0.3 is 0 Å². The lowest BCUT2D eigenvalue weighted by atomic mass is 9.98. The summed E-state index contributed by atoms with van der Waals surface area (Å²) in [6, 6.07) is 10.7. The lowest BCUT2D eigenvalue weighted by molar-refractivity contribution is 0.0578. The maximum Gasteiger partial charge on any atom is 0.263 e. The molecular weight excluding hydrogens is 472 g/mol. The van der Waals surface area contributed by atoms with E-state index in [9.17, 15) is 18.0 Å². The fraction of sp³-hybridized carbons (Fsp3) is 0.333. The summed E-state index contributed by atoms with van der Waals surface area (Å²) in [5.41, 5.74) is 1.87. The van der Waals surface area contributed by atoms with Gasteiger partial charge >= 0.3 is 0 Å². The Balaban J connectivity index is 1.39. The van der Waals surface area contributed by atoms with E-state index >= 15 is 0 Å². The van der Waals surface area contributed by atoms with Gasteiger partial charge in [0.2, 0.25) is 0 Å². The van der Waals surface area contributed by atoms with Gasteiger partial charge in [0, 0.05) is 17.0 Å². The number of amides is 2. The lowest BCUT2D eigenvalue weighted by Crippen LogP contribution is -2.39. The van der Waals surface area contributed by atoms with Crippen LogP contribution in [0.3, 0.4) is 0 Å². The topological polar surface area (TPSA) is 109 Å². The molecule has 8 nitrogen and oxygen atoms in total. The van der Waals surface area contributed by atoms with Gasteiger partial charge in [-0.15, -0.1) is 5.10 Å². The molecule has 0 unspecified atom stereocenters. The second-order valence-electron chi connectivity index (χ2n) is 8.86. The molecule has 1 saturated carbocycles. The van der Waals surface area contributed by atoms with E-state index in [0.717, 1.165) is 24.8 Å². The molecule has 1 aromatic heterocycles. The van der Waals surface area contributed by atoms with Crippen LogP contribution in [0.15, 0.2) is 52.7 Å².